The van der Waals surface area contributed by atoms with E-state index in [0.29, 0.717) is 11.9 Å². The van der Waals surface area contributed by atoms with Crippen LogP contribution in [0.1, 0.15) is 25.3 Å². The number of hydrogen-bond donors (Lipinski definition) is 1. The van der Waals surface area contributed by atoms with Gasteiger partial charge in [0.1, 0.15) is 0 Å². The van der Waals surface area contributed by atoms with Gasteiger partial charge in [-0.3, -0.25) is 4.99 Å². The first-order valence-corrected chi connectivity index (χ1v) is 6.26. The number of nitrogens with two attached hydrogens (primary N) is 1. The minimum absolute atomic E-state index is 0.347. The lowest BCUT2D eigenvalue weighted by atomic mass is 10.1. The van der Waals surface area contributed by atoms with Gasteiger partial charge in [-0.25, -0.2) is 4.99 Å². The zero-order valence-corrected chi connectivity index (χ0v) is 10.8. The molecule has 0 spiro atoms. The fourth-order valence-electron chi connectivity index (χ4n) is 1.26. The second-order valence-electron chi connectivity index (χ2n) is 3.54. The van der Waals surface area contributed by atoms with Gasteiger partial charge in [0.2, 0.25) is 5.96 Å². The molecule has 5 nitrogen and oxygen atoms in total. The lowest BCUT2D eigenvalue weighted by molar-refractivity contribution is 0.865. The van der Waals surface area contributed by atoms with Crippen molar-refractivity contribution in [2.45, 2.75) is 19.8 Å². The van der Waals surface area contributed by atoms with Crippen LogP contribution in [0.25, 0.3) is 0 Å². The third-order valence-corrected chi connectivity index (χ3v) is 2.44. The Balaban J connectivity index is 3.24. The van der Waals surface area contributed by atoms with Crippen LogP contribution in [0, 0.1) is 0 Å². The van der Waals surface area contributed by atoms with Crippen LogP contribution in [0.4, 0.5) is 5.82 Å². The maximum Gasteiger partial charge on any atom is 0.218 e. The van der Waals surface area contributed by atoms with Gasteiger partial charge in [-0.05, 0) is 12.2 Å². The molecule has 0 atom stereocenters. The van der Waals surface area contributed by atoms with Crippen molar-refractivity contribution in [1.82, 2.24) is 9.78 Å². The van der Waals surface area contributed by atoms with Crippen molar-refractivity contribution in [3.05, 3.63) is 11.8 Å². The average molecular weight is 239 g/mol. The fourth-order valence-corrected chi connectivity index (χ4v) is 1.46. The molecule has 0 bridgehead atoms. The minimum atomic E-state index is 0.347. The van der Waals surface area contributed by atoms with Crippen molar-refractivity contribution in [2.75, 3.05) is 13.3 Å². The highest BCUT2D eigenvalue weighted by atomic mass is 32.2. The molecule has 1 rings (SSSR count). The third kappa shape index (κ3) is 2.63. The van der Waals surface area contributed by atoms with E-state index in [1.807, 2.05) is 6.26 Å². The zero-order chi connectivity index (χ0) is 12.1. The third-order valence-electron chi connectivity index (χ3n) is 2.12. The zero-order valence-electron chi connectivity index (χ0n) is 10.0. The van der Waals surface area contributed by atoms with E-state index in [2.05, 4.69) is 28.9 Å². The van der Waals surface area contributed by atoms with Gasteiger partial charge in [0, 0.05) is 12.6 Å². The fraction of sp³-hybridized carbons (Fsp3) is 0.500. The van der Waals surface area contributed by atoms with E-state index in [1.54, 1.807) is 23.5 Å². The number of thioether (sulfide) groups is 1. The Morgan fingerprint density at radius 1 is 1.62 bits per heavy atom. The van der Waals surface area contributed by atoms with E-state index < -0.39 is 0 Å². The van der Waals surface area contributed by atoms with Crippen LogP contribution in [-0.4, -0.2) is 34.6 Å². The summed E-state index contributed by atoms with van der Waals surface area (Å²) in [6.07, 6.45) is 3.74. The second-order valence-corrected chi connectivity index (χ2v) is 4.22. The van der Waals surface area contributed by atoms with E-state index in [4.69, 9.17) is 5.73 Å². The molecule has 6 heteroatoms. The molecule has 0 saturated carbocycles. The molecule has 0 aromatic carbocycles. The highest BCUT2D eigenvalue weighted by molar-refractivity contribution is 8.11. The molecule has 0 saturated heterocycles. The normalized spacial score (nSPS) is 12.9. The van der Waals surface area contributed by atoms with Gasteiger partial charge in [0.05, 0.1) is 11.7 Å². The van der Waals surface area contributed by atoms with Crippen molar-refractivity contribution in [1.29, 1.82) is 0 Å². The first kappa shape index (κ1) is 12.8. The Morgan fingerprint density at radius 2 is 2.31 bits per heavy atom. The first-order chi connectivity index (χ1) is 7.61. The first-order valence-electron chi connectivity index (χ1n) is 4.97. The van der Waals surface area contributed by atoms with E-state index in [9.17, 15) is 0 Å². The van der Waals surface area contributed by atoms with Crippen LogP contribution in [-0.2, 0) is 0 Å². The highest BCUT2D eigenvalue weighted by Gasteiger charge is 2.14. The van der Waals surface area contributed by atoms with Crippen LogP contribution in [0.3, 0.4) is 0 Å². The Labute approximate surface area is 99.8 Å². The number of nitrogens with zero attached hydrogens (tertiary/aromatic N) is 4. The summed E-state index contributed by atoms with van der Waals surface area (Å²) in [6.45, 7) is 4.19. The Bertz CT molecular complexity index is 405. The summed E-state index contributed by atoms with van der Waals surface area (Å²) in [7, 11) is 1.63. The van der Waals surface area contributed by atoms with E-state index >= 15 is 0 Å². The lowest BCUT2D eigenvalue weighted by Crippen LogP contribution is -2.23. The molecule has 2 N–H and O–H groups in total. The van der Waals surface area contributed by atoms with Gasteiger partial charge >= 0.3 is 0 Å². The van der Waals surface area contributed by atoms with Crippen molar-refractivity contribution in [2.24, 2.45) is 15.7 Å². The monoisotopic (exact) mass is 239 g/mol. The van der Waals surface area contributed by atoms with Crippen LogP contribution in [0.5, 0.6) is 0 Å². The van der Waals surface area contributed by atoms with E-state index in [-0.39, 0.29) is 0 Å². The predicted octanol–water partition coefficient (Wildman–Crippen LogP) is 1.82. The number of rotatable bonds is 3. The van der Waals surface area contributed by atoms with Gasteiger partial charge in [-0.2, -0.15) is 9.78 Å². The Kier molecular flexibility index (Phi) is 4.54. The standard InChI is InChI=1S/C10H17N5S/c1-7(2)8-5-14-15(10(11)12-3)9(8)13-6-16-4/h5-7H,1-4H3,(H2,11,12)/b13-6+. The molecule has 0 unspecified atom stereocenters. The molecule has 1 aromatic heterocycles. The summed E-state index contributed by atoms with van der Waals surface area (Å²) in [5.41, 5.74) is 8.58. The van der Waals surface area contributed by atoms with Crippen molar-refractivity contribution >= 4 is 29.1 Å². The smallest absolute Gasteiger partial charge is 0.218 e. The van der Waals surface area contributed by atoms with Crippen LogP contribution in [0.15, 0.2) is 16.2 Å². The summed E-state index contributed by atoms with van der Waals surface area (Å²) in [5.74, 6) is 1.46. The Hall–Kier alpha value is -1.30. The summed E-state index contributed by atoms with van der Waals surface area (Å²) < 4.78 is 1.56. The molecular formula is C10H17N5S. The molecule has 16 heavy (non-hydrogen) atoms. The number of aromatic nitrogens is 2. The molecule has 0 aliphatic carbocycles. The minimum Gasteiger partial charge on any atom is -0.368 e. The molecule has 1 heterocycles. The summed E-state index contributed by atoms with van der Waals surface area (Å²) in [6, 6.07) is 0. The maximum atomic E-state index is 5.75. The predicted molar refractivity (Wildman–Crippen MR) is 70.9 cm³/mol. The van der Waals surface area contributed by atoms with Crippen molar-refractivity contribution in [3.63, 3.8) is 0 Å². The molecule has 0 aliphatic heterocycles. The van der Waals surface area contributed by atoms with E-state index in [0.717, 1.165) is 11.4 Å². The average Bonchev–Trinajstić information content (AvgIpc) is 2.68. The van der Waals surface area contributed by atoms with Crippen LogP contribution < -0.4 is 5.73 Å². The topological polar surface area (TPSA) is 68.6 Å². The number of hydrogen-bond acceptors (Lipinski definition) is 4. The molecule has 0 fully saturated rings. The molecule has 0 radical (unpaired) electrons. The highest BCUT2D eigenvalue weighted by Crippen LogP contribution is 2.26. The van der Waals surface area contributed by atoms with Crippen molar-refractivity contribution < 1.29 is 0 Å². The Morgan fingerprint density at radius 3 is 2.81 bits per heavy atom. The van der Waals surface area contributed by atoms with E-state index in [1.165, 1.54) is 11.8 Å². The van der Waals surface area contributed by atoms with Gasteiger partial charge < -0.3 is 5.73 Å². The number of aliphatic imine (C=N–C) groups is 2. The van der Waals surface area contributed by atoms with Gasteiger partial charge in [-0.15, -0.1) is 11.8 Å². The summed E-state index contributed by atoms with van der Waals surface area (Å²) in [4.78, 5) is 8.27. The largest absolute Gasteiger partial charge is 0.368 e. The molecule has 1 aromatic rings. The van der Waals surface area contributed by atoms with Crippen LogP contribution in [0.2, 0.25) is 0 Å². The van der Waals surface area contributed by atoms with Gasteiger partial charge in [0.25, 0.3) is 0 Å². The summed E-state index contributed by atoms with van der Waals surface area (Å²) in [5, 5.41) is 4.20. The SMILES string of the molecule is CN=C(N)n1ncc(C(C)C)c1/N=C/SC. The van der Waals surface area contributed by atoms with Crippen LogP contribution >= 0.6 is 11.8 Å². The molecule has 88 valence electrons. The molecule has 0 aliphatic rings. The molecular weight excluding hydrogens is 222 g/mol. The maximum absolute atomic E-state index is 5.75. The molecule has 0 amide bonds. The quantitative estimate of drug-likeness (QED) is 0.646. The van der Waals surface area contributed by atoms with Gasteiger partial charge in [-0.1, -0.05) is 13.8 Å². The second kappa shape index (κ2) is 5.69. The van der Waals surface area contributed by atoms with Gasteiger partial charge in [0.15, 0.2) is 5.82 Å². The van der Waals surface area contributed by atoms with Crippen molar-refractivity contribution in [3.8, 4) is 0 Å². The summed E-state index contributed by atoms with van der Waals surface area (Å²) >= 11 is 1.53. The lowest BCUT2D eigenvalue weighted by Gasteiger charge is -2.05.